The molecule has 2 nitrogen and oxygen atoms in total. The molecule has 2 heteroatoms. The zero-order valence-corrected chi connectivity index (χ0v) is 12.1. The molecule has 2 aromatic rings. The Labute approximate surface area is 125 Å². The summed E-state index contributed by atoms with van der Waals surface area (Å²) in [5, 5.41) is 0. The van der Waals surface area contributed by atoms with Crippen LogP contribution in [-0.4, -0.2) is 5.78 Å². The molecule has 2 aromatic carbocycles. The first-order valence-electron chi connectivity index (χ1n) is 7.10. The van der Waals surface area contributed by atoms with Crippen LogP contribution < -0.4 is 4.74 Å². The largest absolute Gasteiger partial charge is 0.488 e. The van der Waals surface area contributed by atoms with Crippen LogP contribution >= 0.6 is 0 Å². The normalized spacial score (nSPS) is 9.57. The van der Waals surface area contributed by atoms with Crippen LogP contribution in [0.15, 0.2) is 54.6 Å². The summed E-state index contributed by atoms with van der Waals surface area (Å²) in [6.45, 7) is 2.48. The van der Waals surface area contributed by atoms with Gasteiger partial charge in [-0.15, -0.1) is 0 Å². The van der Waals surface area contributed by atoms with Crippen LogP contribution in [-0.2, 0) is 6.61 Å². The van der Waals surface area contributed by atoms with Crippen LogP contribution in [0.5, 0.6) is 5.75 Å². The molecule has 0 atom stereocenters. The minimum absolute atomic E-state index is 0.188. The van der Waals surface area contributed by atoms with Crippen molar-refractivity contribution in [2.45, 2.75) is 26.4 Å². The second-order valence-electron chi connectivity index (χ2n) is 4.65. The fourth-order valence-electron chi connectivity index (χ4n) is 1.85. The highest BCUT2D eigenvalue weighted by Gasteiger charge is 2.09. The summed E-state index contributed by atoms with van der Waals surface area (Å²) in [5.41, 5.74) is 1.59. The number of ether oxygens (including phenoxy) is 1. The minimum atomic E-state index is -0.188. The maximum absolute atomic E-state index is 12.1. The molecule has 0 spiro atoms. The molecule has 0 aliphatic rings. The molecule has 0 fully saturated rings. The van der Waals surface area contributed by atoms with E-state index in [1.807, 2.05) is 49.4 Å². The van der Waals surface area contributed by atoms with Gasteiger partial charge in [0.05, 0.1) is 5.56 Å². The Morgan fingerprint density at radius 1 is 1.05 bits per heavy atom. The number of Topliss-reactive ketones (excluding diaryl/α,β-unsaturated/α-hetero) is 1. The summed E-state index contributed by atoms with van der Waals surface area (Å²) in [4.78, 5) is 12.1. The highest BCUT2D eigenvalue weighted by atomic mass is 16.5. The molecule has 106 valence electrons. The van der Waals surface area contributed by atoms with E-state index in [-0.39, 0.29) is 5.78 Å². The average molecular weight is 278 g/mol. The van der Waals surface area contributed by atoms with E-state index in [0.717, 1.165) is 18.4 Å². The molecule has 0 aliphatic carbocycles. The number of benzene rings is 2. The first-order valence-corrected chi connectivity index (χ1v) is 7.10. The number of carbonyl (C=O) groups excluding carboxylic acids is 1. The van der Waals surface area contributed by atoms with Crippen molar-refractivity contribution in [3.8, 4) is 17.6 Å². The molecule has 0 N–H and O–H groups in total. The summed E-state index contributed by atoms with van der Waals surface area (Å²) < 4.78 is 5.76. The molecule has 0 aliphatic heterocycles. The van der Waals surface area contributed by atoms with Crippen molar-refractivity contribution in [2.75, 3.05) is 0 Å². The van der Waals surface area contributed by atoms with Crippen LogP contribution in [0.3, 0.4) is 0 Å². The van der Waals surface area contributed by atoms with Gasteiger partial charge in [-0.05, 0) is 30.0 Å². The van der Waals surface area contributed by atoms with Gasteiger partial charge in [-0.25, -0.2) is 0 Å². The summed E-state index contributed by atoms with van der Waals surface area (Å²) in [5.74, 6) is 5.94. The predicted molar refractivity (Wildman–Crippen MR) is 84.2 cm³/mol. The molecular weight excluding hydrogens is 260 g/mol. The van der Waals surface area contributed by atoms with E-state index in [1.54, 1.807) is 12.1 Å². The molecule has 0 bridgehead atoms. The van der Waals surface area contributed by atoms with Crippen molar-refractivity contribution in [1.29, 1.82) is 0 Å². The third-order valence-corrected chi connectivity index (χ3v) is 2.95. The SMILES string of the molecule is CCCC#CC(=O)c1ccccc1OCc1ccccc1. The topological polar surface area (TPSA) is 26.3 Å². The molecule has 2 rings (SSSR count). The number of rotatable bonds is 5. The Kier molecular flexibility index (Phi) is 5.60. The summed E-state index contributed by atoms with van der Waals surface area (Å²) in [7, 11) is 0. The van der Waals surface area contributed by atoms with E-state index < -0.39 is 0 Å². The molecule has 0 amide bonds. The first-order chi connectivity index (χ1) is 10.3. The summed E-state index contributed by atoms with van der Waals surface area (Å²) in [6.07, 6.45) is 1.69. The lowest BCUT2D eigenvalue weighted by atomic mass is 10.1. The Balaban J connectivity index is 2.10. The van der Waals surface area contributed by atoms with Gasteiger partial charge in [0.1, 0.15) is 12.4 Å². The van der Waals surface area contributed by atoms with E-state index in [0.29, 0.717) is 17.9 Å². The number of hydrogen-bond acceptors (Lipinski definition) is 2. The molecule has 0 radical (unpaired) electrons. The molecule has 0 heterocycles. The van der Waals surface area contributed by atoms with Crippen molar-refractivity contribution in [1.82, 2.24) is 0 Å². The van der Waals surface area contributed by atoms with Gasteiger partial charge in [-0.2, -0.15) is 0 Å². The van der Waals surface area contributed by atoms with E-state index in [1.165, 1.54) is 0 Å². The van der Waals surface area contributed by atoms with Crippen molar-refractivity contribution in [3.05, 3.63) is 65.7 Å². The maximum atomic E-state index is 12.1. The standard InChI is InChI=1S/C19H18O2/c1-2-3-5-13-18(20)17-12-8-9-14-19(17)21-15-16-10-6-4-7-11-16/h4,6-12,14H,2-3,15H2,1H3. The fourth-order valence-corrected chi connectivity index (χ4v) is 1.85. The fraction of sp³-hybridized carbons (Fsp3) is 0.211. The summed E-state index contributed by atoms with van der Waals surface area (Å²) in [6, 6.07) is 17.1. The van der Waals surface area contributed by atoms with Crippen LogP contribution in [0.1, 0.15) is 35.7 Å². The molecule has 0 saturated heterocycles. The van der Waals surface area contributed by atoms with Gasteiger partial charge in [0.2, 0.25) is 5.78 Å². The molecule has 0 saturated carbocycles. The van der Waals surface area contributed by atoms with Gasteiger partial charge in [0.15, 0.2) is 0 Å². The maximum Gasteiger partial charge on any atom is 0.239 e. The van der Waals surface area contributed by atoms with E-state index in [4.69, 9.17) is 4.74 Å². The summed E-state index contributed by atoms with van der Waals surface area (Å²) >= 11 is 0. The van der Waals surface area contributed by atoms with Crippen LogP contribution in [0.4, 0.5) is 0 Å². The highest BCUT2D eigenvalue weighted by molar-refractivity contribution is 6.10. The van der Waals surface area contributed by atoms with Gasteiger partial charge < -0.3 is 4.74 Å². The Morgan fingerprint density at radius 3 is 2.52 bits per heavy atom. The molecular formula is C19H18O2. The quantitative estimate of drug-likeness (QED) is 0.464. The third-order valence-electron chi connectivity index (χ3n) is 2.95. The van der Waals surface area contributed by atoms with Crippen LogP contribution in [0.2, 0.25) is 0 Å². The Bertz CT molecular complexity index is 648. The van der Waals surface area contributed by atoms with Gasteiger partial charge in [0.25, 0.3) is 0 Å². The minimum Gasteiger partial charge on any atom is -0.488 e. The molecule has 21 heavy (non-hydrogen) atoms. The second-order valence-corrected chi connectivity index (χ2v) is 4.65. The van der Waals surface area contributed by atoms with E-state index >= 15 is 0 Å². The lowest BCUT2D eigenvalue weighted by Crippen LogP contribution is -2.02. The number of ketones is 1. The second kappa shape index (κ2) is 7.91. The van der Waals surface area contributed by atoms with Crippen LogP contribution in [0.25, 0.3) is 0 Å². The molecule has 0 aromatic heterocycles. The van der Waals surface area contributed by atoms with Gasteiger partial charge in [0, 0.05) is 6.42 Å². The average Bonchev–Trinajstić information content (AvgIpc) is 2.54. The van der Waals surface area contributed by atoms with Crippen molar-refractivity contribution in [3.63, 3.8) is 0 Å². The van der Waals surface area contributed by atoms with E-state index in [2.05, 4.69) is 11.8 Å². The highest BCUT2D eigenvalue weighted by Crippen LogP contribution is 2.19. The van der Waals surface area contributed by atoms with E-state index in [9.17, 15) is 4.79 Å². The lowest BCUT2D eigenvalue weighted by molar-refractivity contribution is 0.105. The number of para-hydroxylation sites is 1. The molecule has 0 unspecified atom stereocenters. The first kappa shape index (κ1) is 14.9. The van der Waals surface area contributed by atoms with Crippen LogP contribution in [0, 0.1) is 11.8 Å². The van der Waals surface area contributed by atoms with Crippen molar-refractivity contribution in [2.24, 2.45) is 0 Å². The number of hydrogen-bond donors (Lipinski definition) is 0. The predicted octanol–water partition coefficient (Wildman–Crippen LogP) is 4.25. The van der Waals surface area contributed by atoms with Gasteiger partial charge in [-0.1, -0.05) is 55.3 Å². The monoisotopic (exact) mass is 278 g/mol. The van der Waals surface area contributed by atoms with Gasteiger partial charge in [-0.3, -0.25) is 4.79 Å². The van der Waals surface area contributed by atoms with Gasteiger partial charge >= 0.3 is 0 Å². The Morgan fingerprint density at radius 2 is 1.76 bits per heavy atom. The third kappa shape index (κ3) is 4.50. The van der Waals surface area contributed by atoms with Crippen molar-refractivity contribution < 1.29 is 9.53 Å². The Hall–Kier alpha value is -2.53. The number of unbranched alkanes of at least 4 members (excludes halogenated alkanes) is 1. The van der Waals surface area contributed by atoms with Crippen molar-refractivity contribution >= 4 is 5.78 Å². The zero-order chi connectivity index (χ0) is 14.9. The number of carbonyl (C=O) groups is 1. The zero-order valence-electron chi connectivity index (χ0n) is 12.1. The smallest absolute Gasteiger partial charge is 0.239 e. The lowest BCUT2D eigenvalue weighted by Gasteiger charge is -2.09.